The van der Waals surface area contributed by atoms with Gasteiger partial charge in [0.05, 0.1) is 18.0 Å². The molecule has 0 saturated carbocycles. The van der Waals surface area contributed by atoms with Gasteiger partial charge in [-0.1, -0.05) is 42.5 Å². The van der Waals surface area contributed by atoms with Crippen LogP contribution in [0, 0.1) is 0 Å². The van der Waals surface area contributed by atoms with E-state index in [2.05, 4.69) is 4.72 Å². The number of rotatable bonds is 12. The minimum Gasteiger partial charge on any atom is -0.493 e. The number of carbonyl (C=O) groups is 1. The quantitative estimate of drug-likeness (QED) is 0.417. The zero-order valence-corrected chi connectivity index (χ0v) is 19.7. The number of anilines is 1. The van der Waals surface area contributed by atoms with Crippen molar-refractivity contribution in [3.63, 3.8) is 0 Å². The summed E-state index contributed by atoms with van der Waals surface area (Å²) in [4.78, 5) is 10.8. The molecule has 3 rings (SSSR count). The van der Waals surface area contributed by atoms with E-state index in [1.165, 1.54) is 0 Å². The Bertz CT molecular complexity index is 1080. The molecule has 1 aliphatic rings. The topological polar surface area (TPSA) is 122 Å². The molecule has 9 heteroatoms. The number of sulfonamides is 1. The number of aliphatic carboxylic acids is 1. The number of para-hydroxylation sites is 1. The molecule has 1 fully saturated rings. The van der Waals surface area contributed by atoms with Gasteiger partial charge in [0.1, 0.15) is 5.75 Å². The van der Waals surface area contributed by atoms with Crippen molar-refractivity contribution in [3.05, 3.63) is 65.7 Å². The Morgan fingerprint density at radius 1 is 1.18 bits per heavy atom. The van der Waals surface area contributed by atoms with Crippen LogP contribution in [0.1, 0.15) is 36.8 Å². The minimum atomic E-state index is -3.49. The van der Waals surface area contributed by atoms with E-state index in [1.54, 1.807) is 36.4 Å². The Balaban J connectivity index is 1.51. The Morgan fingerprint density at radius 3 is 2.71 bits per heavy atom. The van der Waals surface area contributed by atoms with Gasteiger partial charge in [0.25, 0.3) is 0 Å². The molecule has 0 aliphatic carbocycles. The molecule has 0 bridgehead atoms. The third-order valence-corrected chi connectivity index (χ3v) is 7.39. The van der Waals surface area contributed by atoms with Gasteiger partial charge in [0.2, 0.25) is 10.0 Å². The standard InChI is InChI=1S/C25H31NO7S/c27-22(12-17-33-24-7-2-1-5-20(24)9-11-25(28)29)10-8-19-4-3-6-21(18-19)26-34(30,31)23-13-15-32-16-14-23/h1-8,10,18,22-23,26-27H,9,11-17H2,(H,28,29)/b10-8+. The molecular formula is C25H31NO7S. The van der Waals surface area contributed by atoms with E-state index in [0.717, 1.165) is 11.1 Å². The fourth-order valence-electron chi connectivity index (χ4n) is 3.64. The minimum absolute atomic E-state index is 0.0238. The first kappa shape index (κ1) is 25.7. The summed E-state index contributed by atoms with van der Waals surface area (Å²) >= 11 is 0. The van der Waals surface area contributed by atoms with Gasteiger partial charge in [-0.15, -0.1) is 0 Å². The number of benzene rings is 2. The van der Waals surface area contributed by atoms with Crippen molar-refractivity contribution in [1.29, 1.82) is 0 Å². The van der Waals surface area contributed by atoms with Crippen LogP contribution < -0.4 is 9.46 Å². The first-order chi connectivity index (χ1) is 16.3. The summed E-state index contributed by atoms with van der Waals surface area (Å²) in [6, 6.07) is 14.3. The maximum absolute atomic E-state index is 12.6. The molecule has 2 aromatic carbocycles. The fraction of sp³-hybridized carbons (Fsp3) is 0.400. The zero-order chi connectivity index (χ0) is 24.4. The van der Waals surface area contributed by atoms with Crippen molar-refractivity contribution < 1.29 is 32.9 Å². The van der Waals surface area contributed by atoms with Crippen molar-refractivity contribution in [2.24, 2.45) is 0 Å². The number of carboxylic acids is 1. The van der Waals surface area contributed by atoms with E-state index in [1.807, 2.05) is 24.3 Å². The lowest BCUT2D eigenvalue weighted by Gasteiger charge is -2.22. The van der Waals surface area contributed by atoms with Crippen LogP contribution in [0.2, 0.25) is 0 Å². The molecule has 34 heavy (non-hydrogen) atoms. The highest BCUT2D eigenvalue weighted by molar-refractivity contribution is 7.93. The third kappa shape index (κ3) is 8.16. The van der Waals surface area contributed by atoms with Gasteiger partial charge in [0, 0.05) is 31.7 Å². The number of carboxylic acid groups (broad SMARTS) is 1. The van der Waals surface area contributed by atoms with Crippen molar-refractivity contribution in [2.75, 3.05) is 24.5 Å². The number of nitrogens with one attached hydrogen (secondary N) is 1. The Kier molecular flexibility index (Phi) is 9.50. The lowest BCUT2D eigenvalue weighted by molar-refractivity contribution is -0.136. The molecule has 1 aliphatic heterocycles. The number of aliphatic hydroxyl groups excluding tert-OH is 1. The van der Waals surface area contributed by atoms with Crippen LogP contribution >= 0.6 is 0 Å². The second-order valence-corrected chi connectivity index (χ2v) is 10.1. The summed E-state index contributed by atoms with van der Waals surface area (Å²) in [5.74, 6) is -0.250. The van der Waals surface area contributed by atoms with E-state index in [-0.39, 0.29) is 13.0 Å². The van der Waals surface area contributed by atoms with Crippen LogP contribution in [0.15, 0.2) is 54.6 Å². The van der Waals surface area contributed by atoms with Gasteiger partial charge in [-0.25, -0.2) is 8.42 Å². The van der Waals surface area contributed by atoms with Crippen LogP contribution in [-0.2, 0) is 26.0 Å². The molecule has 184 valence electrons. The molecular weight excluding hydrogens is 458 g/mol. The lowest BCUT2D eigenvalue weighted by atomic mass is 10.1. The maximum atomic E-state index is 12.6. The maximum Gasteiger partial charge on any atom is 0.303 e. The SMILES string of the molecule is O=C(O)CCc1ccccc1OCCC(O)/C=C/c1cccc(NS(=O)(=O)C2CCOCC2)c1. The van der Waals surface area contributed by atoms with Gasteiger partial charge in [0.15, 0.2) is 0 Å². The van der Waals surface area contributed by atoms with E-state index in [4.69, 9.17) is 14.6 Å². The number of aliphatic hydroxyl groups is 1. The highest BCUT2D eigenvalue weighted by Crippen LogP contribution is 2.22. The van der Waals surface area contributed by atoms with Crippen LogP contribution in [0.3, 0.4) is 0 Å². The Morgan fingerprint density at radius 2 is 1.94 bits per heavy atom. The van der Waals surface area contributed by atoms with Gasteiger partial charge < -0.3 is 19.7 Å². The zero-order valence-electron chi connectivity index (χ0n) is 18.9. The van der Waals surface area contributed by atoms with E-state index in [9.17, 15) is 18.3 Å². The van der Waals surface area contributed by atoms with Gasteiger partial charge in [-0.2, -0.15) is 0 Å². The molecule has 3 N–H and O–H groups in total. The van der Waals surface area contributed by atoms with Crippen molar-refractivity contribution in [3.8, 4) is 5.75 Å². The average Bonchev–Trinajstić information content (AvgIpc) is 2.82. The first-order valence-corrected chi connectivity index (χ1v) is 12.9. The predicted octanol–water partition coefficient (Wildman–Crippen LogP) is 3.47. The second kappa shape index (κ2) is 12.5. The number of hydrogen-bond acceptors (Lipinski definition) is 6. The molecule has 0 spiro atoms. The van der Waals surface area contributed by atoms with Crippen LogP contribution in [-0.4, -0.2) is 55.8 Å². The summed E-state index contributed by atoms with van der Waals surface area (Å²) in [7, 11) is -3.49. The smallest absolute Gasteiger partial charge is 0.303 e. The fourth-order valence-corrected chi connectivity index (χ4v) is 5.08. The van der Waals surface area contributed by atoms with E-state index >= 15 is 0 Å². The molecule has 0 radical (unpaired) electrons. The first-order valence-electron chi connectivity index (χ1n) is 11.3. The molecule has 0 aromatic heterocycles. The second-order valence-electron chi connectivity index (χ2n) is 8.15. The lowest BCUT2D eigenvalue weighted by Crippen LogP contribution is -2.33. The van der Waals surface area contributed by atoms with Crippen molar-refractivity contribution >= 4 is 27.8 Å². The molecule has 8 nitrogen and oxygen atoms in total. The van der Waals surface area contributed by atoms with Gasteiger partial charge >= 0.3 is 5.97 Å². The van der Waals surface area contributed by atoms with Crippen molar-refractivity contribution in [2.45, 2.75) is 43.5 Å². The van der Waals surface area contributed by atoms with Gasteiger partial charge in [-0.3, -0.25) is 9.52 Å². The number of aryl methyl sites for hydroxylation is 1. The molecule has 1 heterocycles. The molecule has 1 unspecified atom stereocenters. The molecule has 0 amide bonds. The number of hydrogen-bond donors (Lipinski definition) is 3. The Labute approximate surface area is 200 Å². The summed E-state index contributed by atoms with van der Waals surface area (Å²) in [6.07, 6.45) is 4.32. The third-order valence-electron chi connectivity index (χ3n) is 5.52. The highest BCUT2D eigenvalue weighted by atomic mass is 32.2. The van der Waals surface area contributed by atoms with Crippen LogP contribution in [0.4, 0.5) is 5.69 Å². The van der Waals surface area contributed by atoms with E-state index < -0.39 is 27.3 Å². The largest absolute Gasteiger partial charge is 0.493 e. The molecule has 2 aromatic rings. The molecule has 1 atom stereocenters. The van der Waals surface area contributed by atoms with Gasteiger partial charge in [-0.05, 0) is 48.6 Å². The summed E-state index contributed by atoms with van der Waals surface area (Å²) in [5.41, 5.74) is 2.05. The normalized spacial score (nSPS) is 15.8. The average molecular weight is 490 g/mol. The monoisotopic (exact) mass is 489 g/mol. The summed E-state index contributed by atoms with van der Waals surface area (Å²) < 4.78 is 38.8. The summed E-state index contributed by atoms with van der Waals surface area (Å²) in [6.45, 7) is 1.16. The predicted molar refractivity (Wildman–Crippen MR) is 130 cm³/mol. The van der Waals surface area contributed by atoms with Crippen molar-refractivity contribution in [1.82, 2.24) is 0 Å². The highest BCUT2D eigenvalue weighted by Gasteiger charge is 2.27. The Hall–Kier alpha value is -2.88. The molecule has 1 saturated heterocycles. The van der Waals surface area contributed by atoms with E-state index in [0.29, 0.717) is 50.3 Å². The van der Waals surface area contributed by atoms with Crippen LogP contribution in [0.25, 0.3) is 6.08 Å². The number of ether oxygens (including phenoxy) is 2. The van der Waals surface area contributed by atoms with Crippen LogP contribution in [0.5, 0.6) is 5.75 Å². The summed E-state index contributed by atoms with van der Waals surface area (Å²) in [5, 5.41) is 18.7.